The maximum Gasteiger partial charge on any atom is 0.0596 e. The number of fused-ring (bicyclic) bond motifs is 3. The highest BCUT2D eigenvalue weighted by molar-refractivity contribution is 8.00. The van der Waals surface area contributed by atoms with E-state index in [0.29, 0.717) is 5.92 Å². The largest absolute Gasteiger partial charge is 0.311 e. The maximum absolute atomic E-state index is 2.35. The first-order valence-electron chi connectivity index (χ1n) is 16.5. The topological polar surface area (TPSA) is 6.48 Å². The van der Waals surface area contributed by atoms with Crippen LogP contribution in [0.4, 0.5) is 34.1 Å². The molecule has 236 valence electrons. The number of nitrogens with zero attached hydrogens (tertiary/aromatic N) is 2. The predicted octanol–water partition coefficient (Wildman–Crippen LogP) is 13.8. The monoisotopic (exact) mass is 684 g/mol. The molecule has 1 aliphatic rings. The molecule has 0 fully saturated rings. The molecule has 1 atom stereocenters. The van der Waals surface area contributed by atoms with Gasteiger partial charge in [0.05, 0.1) is 9.40 Å². The third-order valence-corrected chi connectivity index (χ3v) is 13.1. The summed E-state index contributed by atoms with van der Waals surface area (Å²) >= 11 is 5.92. The van der Waals surface area contributed by atoms with Crippen LogP contribution in [0.3, 0.4) is 0 Å². The van der Waals surface area contributed by atoms with Gasteiger partial charge < -0.3 is 9.80 Å². The van der Waals surface area contributed by atoms with Crippen molar-refractivity contribution in [2.75, 3.05) is 15.6 Å². The van der Waals surface area contributed by atoms with E-state index in [1.54, 1.807) is 0 Å². The predicted molar refractivity (Wildman–Crippen MR) is 214 cm³/mol. The Morgan fingerprint density at radius 1 is 0.449 bits per heavy atom. The van der Waals surface area contributed by atoms with Crippen molar-refractivity contribution >= 4 is 78.0 Å². The van der Waals surface area contributed by atoms with Gasteiger partial charge in [0.25, 0.3) is 0 Å². The van der Waals surface area contributed by atoms with Gasteiger partial charge in [-0.25, -0.2) is 0 Å². The van der Waals surface area contributed by atoms with Crippen LogP contribution in [0.5, 0.6) is 0 Å². The zero-order chi connectivity index (χ0) is 32.6. The first-order valence-corrected chi connectivity index (χ1v) is 19.2. The zero-order valence-electron chi connectivity index (χ0n) is 26.6. The van der Waals surface area contributed by atoms with E-state index in [1.165, 1.54) is 41.6 Å². The molecule has 0 spiro atoms. The molecule has 49 heavy (non-hydrogen) atoms. The average Bonchev–Trinajstić information content (AvgIpc) is 3.87. The Morgan fingerprint density at radius 2 is 0.878 bits per heavy atom. The van der Waals surface area contributed by atoms with Crippen LogP contribution in [-0.4, -0.2) is 5.75 Å². The van der Waals surface area contributed by atoms with Crippen molar-refractivity contribution in [1.29, 1.82) is 0 Å². The smallest absolute Gasteiger partial charge is 0.0596 e. The molecule has 0 saturated heterocycles. The molecule has 1 aliphatic heterocycles. The van der Waals surface area contributed by atoms with E-state index in [1.807, 2.05) is 34.4 Å². The fourth-order valence-electron chi connectivity index (χ4n) is 6.78. The summed E-state index contributed by atoms with van der Waals surface area (Å²) in [6, 6.07) is 60.8. The molecule has 1 unspecified atom stereocenters. The van der Waals surface area contributed by atoms with Crippen molar-refractivity contribution in [1.82, 2.24) is 0 Å². The number of hydrogen-bond donors (Lipinski definition) is 0. The average molecular weight is 685 g/mol. The number of rotatable bonds is 8. The summed E-state index contributed by atoms with van der Waals surface area (Å²) < 4.78 is 2.86. The van der Waals surface area contributed by atoms with Crippen molar-refractivity contribution in [3.63, 3.8) is 0 Å². The van der Waals surface area contributed by atoms with Crippen LogP contribution in [-0.2, 0) is 0 Å². The molecule has 2 aromatic heterocycles. The molecule has 5 heteroatoms. The van der Waals surface area contributed by atoms with Gasteiger partial charge in [0.15, 0.2) is 0 Å². The van der Waals surface area contributed by atoms with Gasteiger partial charge in [-0.05, 0) is 83.9 Å². The van der Waals surface area contributed by atoms with E-state index >= 15 is 0 Å². The molecule has 0 radical (unpaired) electrons. The number of thioether (sulfide) groups is 1. The van der Waals surface area contributed by atoms with Crippen LogP contribution in [0.25, 0.3) is 20.5 Å². The van der Waals surface area contributed by atoms with E-state index < -0.39 is 0 Å². The Morgan fingerprint density at radius 3 is 1.35 bits per heavy atom. The molecular formula is C44H32N2S3. The van der Waals surface area contributed by atoms with Crippen molar-refractivity contribution in [2.45, 2.75) is 10.8 Å². The Hall–Kier alpha value is -5.07. The molecule has 3 heterocycles. The van der Waals surface area contributed by atoms with Crippen LogP contribution >= 0.6 is 34.4 Å². The second kappa shape index (κ2) is 13.1. The molecule has 0 aliphatic carbocycles. The second-order valence-corrected chi connectivity index (χ2v) is 15.1. The lowest BCUT2D eigenvalue weighted by molar-refractivity contribution is 0.969. The fourth-order valence-corrected chi connectivity index (χ4v) is 11.4. The molecule has 0 bridgehead atoms. The van der Waals surface area contributed by atoms with Crippen LogP contribution < -0.4 is 9.80 Å². The minimum absolute atomic E-state index is 0.404. The quantitative estimate of drug-likeness (QED) is 0.157. The Bertz CT molecular complexity index is 2240. The number of hydrogen-bond acceptors (Lipinski definition) is 5. The summed E-state index contributed by atoms with van der Waals surface area (Å²) in [6.45, 7) is 0. The summed E-state index contributed by atoms with van der Waals surface area (Å²) in [7, 11) is 0. The van der Waals surface area contributed by atoms with Crippen molar-refractivity contribution in [2.24, 2.45) is 0 Å². The van der Waals surface area contributed by atoms with Gasteiger partial charge in [0, 0.05) is 66.5 Å². The SMILES string of the molecule is c1ccc(N(c2ccccc2)c2ccc(-c3csc4c5c(sc34)C(c3ccc(N(c4ccccc4)c4ccccc4)cc3)CS5)cc2)cc1. The molecule has 8 aromatic rings. The summed E-state index contributed by atoms with van der Waals surface area (Å²) in [5, 5.41) is 2.35. The Labute approximate surface area is 299 Å². The van der Waals surface area contributed by atoms with E-state index in [9.17, 15) is 0 Å². The molecule has 6 aromatic carbocycles. The number of anilines is 6. The first kappa shape index (κ1) is 30.0. The Kier molecular flexibility index (Phi) is 8.02. The molecule has 0 amide bonds. The highest BCUT2D eigenvalue weighted by atomic mass is 32.2. The maximum atomic E-state index is 2.35. The van der Waals surface area contributed by atoms with E-state index in [-0.39, 0.29) is 0 Å². The second-order valence-electron chi connectivity index (χ2n) is 12.1. The van der Waals surface area contributed by atoms with Crippen molar-refractivity contribution < 1.29 is 0 Å². The summed E-state index contributed by atoms with van der Waals surface area (Å²) in [5.74, 6) is 1.50. The standard InChI is InChI=1S/C44H32N2S3/c1-5-13-33(14-6-1)45(34-15-7-2-8-16-34)37-25-21-31(22-26-37)39-29-47-43-41(39)49-42-40(30-48-44(42)43)32-23-27-38(28-24-32)46(35-17-9-3-10-18-35)36-19-11-4-12-20-36/h1-29,40H,30H2. The lowest BCUT2D eigenvalue weighted by atomic mass is 9.99. The molecular weight excluding hydrogens is 653 g/mol. The van der Waals surface area contributed by atoms with Crippen LogP contribution in [0.2, 0.25) is 0 Å². The van der Waals surface area contributed by atoms with E-state index in [4.69, 9.17) is 0 Å². The highest BCUT2D eigenvalue weighted by Crippen LogP contribution is 2.55. The van der Waals surface area contributed by atoms with Gasteiger partial charge in [0.1, 0.15) is 0 Å². The normalized spacial score (nSPS) is 13.8. The van der Waals surface area contributed by atoms with Gasteiger partial charge in [0.2, 0.25) is 0 Å². The van der Waals surface area contributed by atoms with Gasteiger partial charge in [-0.3, -0.25) is 0 Å². The lowest BCUT2D eigenvalue weighted by Gasteiger charge is -2.25. The molecule has 0 N–H and O–H groups in total. The van der Waals surface area contributed by atoms with E-state index in [2.05, 4.69) is 185 Å². The van der Waals surface area contributed by atoms with Gasteiger partial charge in [-0.1, -0.05) is 97.1 Å². The van der Waals surface area contributed by atoms with E-state index in [0.717, 1.165) is 34.2 Å². The molecule has 0 saturated carbocycles. The fraction of sp³-hybridized carbons (Fsp3) is 0.0455. The highest BCUT2D eigenvalue weighted by Gasteiger charge is 2.31. The lowest BCUT2D eigenvalue weighted by Crippen LogP contribution is -2.10. The van der Waals surface area contributed by atoms with Crippen LogP contribution in [0.1, 0.15) is 16.4 Å². The summed E-state index contributed by atoms with van der Waals surface area (Å²) in [4.78, 5) is 7.64. The number of para-hydroxylation sites is 4. The first-order chi connectivity index (χ1) is 24.3. The van der Waals surface area contributed by atoms with Crippen molar-refractivity contribution in [3.05, 3.63) is 186 Å². The molecule has 2 nitrogen and oxygen atoms in total. The Balaban J connectivity index is 1.02. The van der Waals surface area contributed by atoms with Gasteiger partial charge in [-0.15, -0.1) is 34.4 Å². The summed E-state index contributed by atoms with van der Waals surface area (Å²) in [6.07, 6.45) is 0. The van der Waals surface area contributed by atoms with Crippen LogP contribution in [0, 0.1) is 0 Å². The molecule has 9 rings (SSSR count). The minimum Gasteiger partial charge on any atom is -0.311 e. The minimum atomic E-state index is 0.404. The summed E-state index contributed by atoms with van der Waals surface area (Å²) in [5.41, 5.74) is 10.9. The third kappa shape index (κ3) is 5.64. The van der Waals surface area contributed by atoms with Crippen molar-refractivity contribution in [3.8, 4) is 11.1 Å². The number of benzene rings is 6. The van der Waals surface area contributed by atoms with Crippen LogP contribution in [0.15, 0.2) is 180 Å². The zero-order valence-corrected chi connectivity index (χ0v) is 29.1. The van der Waals surface area contributed by atoms with Gasteiger partial charge in [-0.2, -0.15) is 0 Å². The van der Waals surface area contributed by atoms with Gasteiger partial charge >= 0.3 is 0 Å². The number of thiophene rings is 2. The third-order valence-electron chi connectivity index (χ3n) is 9.15.